The third kappa shape index (κ3) is 3.40. The van der Waals surface area contributed by atoms with Crippen molar-refractivity contribution in [1.82, 2.24) is 0 Å². The van der Waals surface area contributed by atoms with Gasteiger partial charge in [-0.15, -0.1) is 0 Å². The lowest BCUT2D eigenvalue weighted by Crippen LogP contribution is -2.78. The molecule has 0 heterocycles. The van der Waals surface area contributed by atoms with Gasteiger partial charge in [0.2, 0.25) is 5.60 Å². The quantitative estimate of drug-likeness (QED) is 0.444. The molecule has 0 fully saturated rings. The second-order valence-corrected chi connectivity index (χ2v) is 4.99. The molecule has 148 valence electrons. The fourth-order valence-electron chi connectivity index (χ4n) is 1.44. The summed E-state index contributed by atoms with van der Waals surface area (Å²) in [5.41, 5.74) is -14.1. The first-order valence-electron chi connectivity index (χ1n) is 5.77. The summed E-state index contributed by atoms with van der Waals surface area (Å²) >= 11 is 0. The van der Waals surface area contributed by atoms with Crippen LogP contribution in [0.2, 0.25) is 0 Å². The summed E-state index contributed by atoms with van der Waals surface area (Å²) < 4.78 is 146. The first-order chi connectivity index (χ1) is 10.6. The summed E-state index contributed by atoms with van der Waals surface area (Å²) in [6, 6.07) is 0. The molecule has 1 unspecified atom stereocenters. The number of carbonyl (C=O) groups excluding carboxylic acids is 1. The van der Waals surface area contributed by atoms with Crippen LogP contribution < -0.4 is 0 Å². The molecule has 1 atom stereocenters. The van der Waals surface area contributed by atoms with Gasteiger partial charge in [-0.1, -0.05) is 6.58 Å². The predicted molar refractivity (Wildman–Crippen MR) is 57.4 cm³/mol. The lowest BCUT2D eigenvalue weighted by atomic mass is 9.81. The Bertz CT molecular complexity index is 525. The van der Waals surface area contributed by atoms with E-state index in [-0.39, 0.29) is 0 Å². The van der Waals surface area contributed by atoms with Gasteiger partial charge >= 0.3 is 36.0 Å². The van der Waals surface area contributed by atoms with Gasteiger partial charge in [-0.3, -0.25) is 0 Å². The molecule has 0 amide bonds. The number of esters is 1. The number of ether oxygens (including phenoxy) is 1. The second kappa shape index (κ2) is 5.99. The number of hydrogen-bond acceptors (Lipinski definition) is 3. The highest BCUT2D eigenvalue weighted by Crippen LogP contribution is 2.60. The van der Waals surface area contributed by atoms with Crippen LogP contribution in [0.25, 0.3) is 0 Å². The zero-order valence-electron chi connectivity index (χ0n) is 12.1. The number of rotatable bonds is 4. The number of aliphatic hydroxyl groups is 1. The summed E-state index contributed by atoms with van der Waals surface area (Å²) in [4.78, 5) is 11.1. The third-order valence-electron chi connectivity index (χ3n) is 3.00. The predicted octanol–water partition coefficient (Wildman–Crippen LogP) is 3.92. The van der Waals surface area contributed by atoms with Crippen molar-refractivity contribution in [3.8, 4) is 0 Å². The van der Waals surface area contributed by atoms with E-state index in [0.717, 1.165) is 0 Å². The molecule has 0 bridgehead atoms. The van der Waals surface area contributed by atoms with Gasteiger partial charge in [0.1, 0.15) is 0 Å². The molecule has 0 aromatic carbocycles. The van der Waals surface area contributed by atoms with Crippen LogP contribution in [0.1, 0.15) is 13.8 Å². The Morgan fingerprint density at radius 3 is 1.36 bits per heavy atom. The van der Waals surface area contributed by atoms with Crippen LogP contribution in [-0.2, 0) is 9.53 Å². The zero-order chi connectivity index (χ0) is 20.9. The van der Waals surface area contributed by atoms with Crippen molar-refractivity contribution >= 4 is 5.97 Å². The molecule has 0 aromatic heterocycles. The molecule has 0 saturated heterocycles. The topological polar surface area (TPSA) is 46.5 Å². The SMILES string of the molecule is C=C(C)C(=O)OC(C(F)(F)F)(C(F)(F)F)C(F)(F)C(C)(O)C(F)(F)F. The van der Waals surface area contributed by atoms with Gasteiger partial charge in [0, 0.05) is 5.57 Å². The van der Waals surface area contributed by atoms with Gasteiger partial charge in [-0.2, -0.15) is 48.3 Å². The highest BCUT2D eigenvalue weighted by molar-refractivity contribution is 5.87. The molecule has 0 aliphatic rings. The minimum Gasteiger partial charge on any atom is -0.431 e. The molecular weight excluding hydrogens is 389 g/mol. The van der Waals surface area contributed by atoms with E-state index in [2.05, 4.69) is 11.3 Å². The van der Waals surface area contributed by atoms with Gasteiger partial charge in [-0.25, -0.2) is 4.79 Å². The highest BCUT2D eigenvalue weighted by atomic mass is 19.4. The largest absolute Gasteiger partial charge is 0.444 e. The number of alkyl halides is 11. The van der Waals surface area contributed by atoms with Crippen molar-refractivity contribution in [2.24, 2.45) is 0 Å². The summed E-state index contributed by atoms with van der Waals surface area (Å²) in [7, 11) is 0. The van der Waals surface area contributed by atoms with E-state index >= 15 is 0 Å². The maximum Gasteiger partial charge on any atom is 0.444 e. The summed E-state index contributed by atoms with van der Waals surface area (Å²) in [5, 5.41) is 8.80. The maximum absolute atomic E-state index is 13.9. The van der Waals surface area contributed by atoms with Gasteiger partial charge in [-0.05, 0) is 13.8 Å². The van der Waals surface area contributed by atoms with Crippen molar-refractivity contribution in [2.75, 3.05) is 0 Å². The monoisotopic (exact) mass is 398 g/mol. The first-order valence-corrected chi connectivity index (χ1v) is 5.77. The maximum atomic E-state index is 13.9. The molecule has 0 aliphatic heterocycles. The summed E-state index contributed by atoms with van der Waals surface area (Å²) in [6.07, 6.45) is -21.3. The van der Waals surface area contributed by atoms with Gasteiger partial charge in [0.25, 0.3) is 0 Å². The normalized spacial score (nSPS) is 17.0. The molecule has 0 aliphatic carbocycles. The van der Waals surface area contributed by atoms with Crippen LogP contribution in [0.15, 0.2) is 12.2 Å². The van der Waals surface area contributed by atoms with E-state index in [1.54, 1.807) is 0 Å². The van der Waals surface area contributed by atoms with Gasteiger partial charge < -0.3 is 9.84 Å². The number of halogens is 11. The van der Waals surface area contributed by atoms with E-state index in [1.807, 2.05) is 0 Å². The average molecular weight is 398 g/mol. The first kappa shape index (κ1) is 23.4. The van der Waals surface area contributed by atoms with Crippen LogP contribution >= 0.6 is 0 Å². The average Bonchev–Trinajstić information content (AvgIpc) is 2.29. The summed E-state index contributed by atoms with van der Waals surface area (Å²) in [6.45, 7) is 2.00. The molecule has 0 rings (SSSR count). The van der Waals surface area contributed by atoms with Gasteiger partial charge in [0.15, 0.2) is 0 Å². The Hall–Kier alpha value is -1.60. The molecule has 0 aromatic rings. The lowest BCUT2D eigenvalue weighted by Gasteiger charge is -2.46. The minimum atomic E-state index is -7.30. The van der Waals surface area contributed by atoms with Crippen molar-refractivity contribution < 1.29 is 62.9 Å². The van der Waals surface area contributed by atoms with Crippen molar-refractivity contribution in [2.45, 2.75) is 49.5 Å². The van der Waals surface area contributed by atoms with Gasteiger partial charge in [0.05, 0.1) is 0 Å². The zero-order valence-corrected chi connectivity index (χ0v) is 12.1. The van der Waals surface area contributed by atoms with E-state index in [9.17, 15) is 53.1 Å². The third-order valence-corrected chi connectivity index (χ3v) is 3.00. The van der Waals surface area contributed by atoms with E-state index in [4.69, 9.17) is 5.11 Å². The molecule has 1 N–H and O–H groups in total. The Labute approximate surface area is 132 Å². The standard InChI is InChI=1S/C11H9F11O3/c1-4(2)5(23)25-7(10(17,18)19,11(20,21)22)8(12,13)6(3,24)9(14,15)16/h24H,1H2,2-3H3. The Balaban J connectivity index is 6.99. The molecule has 14 heteroatoms. The number of carbonyl (C=O) groups is 1. The van der Waals surface area contributed by atoms with E-state index in [1.165, 1.54) is 0 Å². The van der Waals surface area contributed by atoms with Crippen LogP contribution in [0, 0.1) is 0 Å². The Morgan fingerprint density at radius 2 is 1.16 bits per heavy atom. The van der Waals surface area contributed by atoms with Crippen LogP contribution in [-0.4, -0.2) is 46.7 Å². The highest BCUT2D eigenvalue weighted by Gasteiger charge is 2.92. The second-order valence-electron chi connectivity index (χ2n) is 4.99. The van der Waals surface area contributed by atoms with Crippen LogP contribution in [0.5, 0.6) is 0 Å². The van der Waals surface area contributed by atoms with Crippen LogP contribution in [0.3, 0.4) is 0 Å². The molecule has 0 radical (unpaired) electrons. The Morgan fingerprint density at radius 1 is 0.840 bits per heavy atom. The number of hydrogen-bond donors (Lipinski definition) is 1. The Kier molecular flexibility index (Phi) is 5.60. The van der Waals surface area contributed by atoms with Crippen molar-refractivity contribution in [3.05, 3.63) is 12.2 Å². The lowest BCUT2D eigenvalue weighted by molar-refractivity contribution is -0.461. The van der Waals surface area contributed by atoms with E-state index in [0.29, 0.717) is 6.92 Å². The molecule has 25 heavy (non-hydrogen) atoms. The molecule has 0 spiro atoms. The molecular formula is C11H9F11O3. The van der Waals surface area contributed by atoms with Crippen LogP contribution in [0.4, 0.5) is 48.3 Å². The molecule has 3 nitrogen and oxygen atoms in total. The fourth-order valence-corrected chi connectivity index (χ4v) is 1.44. The smallest absolute Gasteiger partial charge is 0.431 e. The molecule has 0 saturated carbocycles. The summed E-state index contributed by atoms with van der Waals surface area (Å²) in [5.74, 6) is -9.83. The van der Waals surface area contributed by atoms with Crippen molar-refractivity contribution in [3.63, 3.8) is 0 Å². The fraction of sp³-hybridized carbons (Fsp3) is 0.727. The minimum absolute atomic E-state index is 0.458. The van der Waals surface area contributed by atoms with E-state index < -0.39 is 54.1 Å². The van der Waals surface area contributed by atoms with Crippen molar-refractivity contribution in [1.29, 1.82) is 0 Å².